The smallest absolute Gasteiger partial charge is 0.161 e. The van der Waals surface area contributed by atoms with E-state index in [0.29, 0.717) is 18.1 Å². The monoisotopic (exact) mass is 238 g/mol. The number of benzene rings is 1. The second kappa shape index (κ2) is 7.17. The van der Waals surface area contributed by atoms with Gasteiger partial charge in [-0.2, -0.15) is 0 Å². The van der Waals surface area contributed by atoms with Crippen LogP contribution in [0, 0.1) is 0 Å². The first kappa shape index (κ1) is 13.8. The quantitative estimate of drug-likeness (QED) is 0.741. The minimum absolute atomic E-state index is 0.487. The van der Waals surface area contributed by atoms with Crippen molar-refractivity contribution < 1.29 is 14.6 Å². The predicted molar refractivity (Wildman–Crippen MR) is 68.6 cm³/mol. The molecule has 1 atom stereocenters. The molecule has 1 aromatic carbocycles. The van der Waals surface area contributed by atoms with E-state index in [1.165, 1.54) is 12.8 Å². The fourth-order valence-corrected chi connectivity index (χ4v) is 1.60. The van der Waals surface area contributed by atoms with Crippen LogP contribution in [0.4, 0.5) is 0 Å². The van der Waals surface area contributed by atoms with Gasteiger partial charge < -0.3 is 14.6 Å². The minimum Gasteiger partial charge on any atom is -0.493 e. The van der Waals surface area contributed by atoms with Crippen LogP contribution in [-0.2, 0) is 0 Å². The Morgan fingerprint density at radius 1 is 1.24 bits per heavy atom. The summed E-state index contributed by atoms with van der Waals surface area (Å²) in [5, 5.41) is 9.53. The van der Waals surface area contributed by atoms with Gasteiger partial charge in [0.25, 0.3) is 0 Å². The van der Waals surface area contributed by atoms with Gasteiger partial charge in [-0.15, -0.1) is 0 Å². The van der Waals surface area contributed by atoms with Crippen molar-refractivity contribution in [3.8, 4) is 11.5 Å². The van der Waals surface area contributed by atoms with Crippen molar-refractivity contribution in [2.24, 2.45) is 0 Å². The second-order valence-electron chi connectivity index (χ2n) is 4.14. The molecule has 0 amide bonds. The number of rotatable bonds is 7. The summed E-state index contributed by atoms with van der Waals surface area (Å²) >= 11 is 0. The van der Waals surface area contributed by atoms with Gasteiger partial charge in [-0.3, -0.25) is 0 Å². The molecule has 0 aromatic heterocycles. The van der Waals surface area contributed by atoms with Crippen LogP contribution >= 0.6 is 0 Å². The molecule has 0 heterocycles. The Morgan fingerprint density at radius 3 is 2.59 bits per heavy atom. The van der Waals surface area contributed by atoms with E-state index in [-0.39, 0.29) is 0 Å². The average Bonchev–Trinajstić information content (AvgIpc) is 2.34. The van der Waals surface area contributed by atoms with Gasteiger partial charge in [-0.1, -0.05) is 25.8 Å². The summed E-state index contributed by atoms with van der Waals surface area (Å²) in [5.41, 5.74) is 0.844. The third-order valence-electron chi connectivity index (χ3n) is 2.68. The van der Waals surface area contributed by atoms with Crippen LogP contribution in [0.5, 0.6) is 11.5 Å². The molecule has 3 nitrogen and oxygen atoms in total. The van der Waals surface area contributed by atoms with Crippen LogP contribution in [0.3, 0.4) is 0 Å². The molecule has 0 saturated heterocycles. The zero-order chi connectivity index (χ0) is 12.7. The first-order valence-electron chi connectivity index (χ1n) is 6.17. The number of hydrogen-bond donors (Lipinski definition) is 1. The summed E-state index contributed by atoms with van der Waals surface area (Å²) in [6.45, 7) is 4.59. The van der Waals surface area contributed by atoms with Crippen LogP contribution < -0.4 is 9.47 Å². The molecule has 0 radical (unpaired) electrons. The van der Waals surface area contributed by atoms with Crippen molar-refractivity contribution in [2.45, 2.75) is 39.2 Å². The normalized spacial score (nSPS) is 12.2. The van der Waals surface area contributed by atoms with Gasteiger partial charge in [-0.05, 0) is 31.0 Å². The van der Waals surface area contributed by atoms with E-state index in [2.05, 4.69) is 6.92 Å². The van der Waals surface area contributed by atoms with Crippen molar-refractivity contribution in [1.82, 2.24) is 0 Å². The summed E-state index contributed by atoms with van der Waals surface area (Å²) in [6.07, 6.45) is 2.89. The van der Waals surface area contributed by atoms with Crippen LogP contribution in [0.15, 0.2) is 18.2 Å². The molecule has 0 spiro atoms. The van der Waals surface area contributed by atoms with E-state index in [1.807, 2.05) is 18.2 Å². The first-order chi connectivity index (χ1) is 8.19. The summed E-state index contributed by atoms with van der Waals surface area (Å²) in [5.74, 6) is 1.42. The largest absolute Gasteiger partial charge is 0.493 e. The molecular weight excluding hydrogens is 216 g/mol. The number of aliphatic hydroxyl groups excluding tert-OH is 1. The number of methoxy groups -OCH3 is 1. The minimum atomic E-state index is -0.487. The van der Waals surface area contributed by atoms with Crippen LogP contribution in [0.1, 0.15) is 44.8 Å². The standard InChI is InChI=1S/C14H22O3/c1-4-5-6-9-17-14-10-12(11(2)15)7-8-13(14)16-3/h7-8,10-11,15H,4-6,9H2,1-3H3/t11-/m1/s1. The van der Waals surface area contributed by atoms with Gasteiger partial charge in [0.15, 0.2) is 11.5 Å². The first-order valence-corrected chi connectivity index (χ1v) is 6.17. The molecule has 0 aliphatic heterocycles. The third-order valence-corrected chi connectivity index (χ3v) is 2.68. The lowest BCUT2D eigenvalue weighted by molar-refractivity contribution is 0.198. The lowest BCUT2D eigenvalue weighted by Gasteiger charge is -2.13. The van der Waals surface area contributed by atoms with Gasteiger partial charge >= 0.3 is 0 Å². The van der Waals surface area contributed by atoms with E-state index < -0.39 is 6.10 Å². The molecule has 0 saturated carbocycles. The second-order valence-corrected chi connectivity index (χ2v) is 4.14. The van der Waals surface area contributed by atoms with Gasteiger partial charge in [0, 0.05) is 0 Å². The SMILES string of the molecule is CCCCCOc1cc([C@@H](C)O)ccc1OC. The molecular formula is C14H22O3. The Morgan fingerprint density at radius 2 is 2.00 bits per heavy atom. The highest BCUT2D eigenvalue weighted by Gasteiger charge is 2.08. The highest BCUT2D eigenvalue weighted by atomic mass is 16.5. The summed E-state index contributed by atoms with van der Waals surface area (Å²) in [7, 11) is 1.62. The Bertz CT molecular complexity index is 334. The van der Waals surface area contributed by atoms with Crippen molar-refractivity contribution in [2.75, 3.05) is 13.7 Å². The maximum absolute atomic E-state index is 9.53. The fourth-order valence-electron chi connectivity index (χ4n) is 1.60. The zero-order valence-electron chi connectivity index (χ0n) is 10.9. The lowest BCUT2D eigenvalue weighted by atomic mass is 10.1. The van der Waals surface area contributed by atoms with E-state index in [0.717, 1.165) is 12.0 Å². The highest BCUT2D eigenvalue weighted by molar-refractivity contribution is 5.43. The van der Waals surface area contributed by atoms with Gasteiger partial charge in [0.05, 0.1) is 19.8 Å². The van der Waals surface area contributed by atoms with E-state index >= 15 is 0 Å². The third kappa shape index (κ3) is 4.27. The van der Waals surface area contributed by atoms with Crippen LogP contribution in [0.2, 0.25) is 0 Å². The Kier molecular flexibility index (Phi) is 5.84. The highest BCUT2D eigenvalue weighted by Crippen LogP contribution is 2.30. The van der Waals surface area contributed by atoms with Crippen LogP contribution in [-0.4, -0.2) is 18.8 Å². The van der Waals surface area contributed by atoms with Crippen molar-refractivity contribution in [1.29, 1.82) is 0 Å². The molecule has 0 unspecified atom stereocenters. The Labute approximate surface area is 103 Å². The summed E-state index contributed by atoms with van der Waals surface area (Å²) in [6, 6.07) is 5.52. The topological polar surface area (TPSA) is 38.7 Å². The fraction of sp³-hybridized carbons (Fsp3) is 0.571. The maximum Gasteiger partial charge on any atom is 0.161 e. The molecule has 3 heteroatoms. The summed E-state index contributed by atoms with van der Waals surface area (Å²) in [4.78, 5) is 0. The maximum atomic E-state index is 9.53. The molecule has 0 aliphatic carbocycles. The molecule has 17 heavy (non-hydrogen) atoms. The van der Waals surface area contributed by atoms with E-state index in [9.17, 15) is 5.11 Å². The van der Waals surface area contributed by atoms with Crippen molar-refractivity contribution >= 4 is 0 Å². The molecule has 0 aliphatic rings. The number of unbranched alkanes of at least 4 members (excludes halogenated alkanes) is 2. The number of aliphatic hydroxyl groups is 1. The van der Waals surface area contributed by atoms with Gasteiger partial charge in [-0.25, -0.2) is 0 Å². The molecule has 0 fully saturated rings. The molecule has 1 aromatic rings. The molecule has 1 N–H and O–H groups in total. The Hall–Kier alpha value is -1.22. The van der Waals surface area contributed by atoms with Gasteiger partial charge in [0.1, 0.15) is 0 Å². The zero-order valence-corrected chi connectivity index (χ0v) is 10.9. The van der Waals surface area contributed by atoms with E-state index in [4.69, 9.17) is 9.47 Å². The average molecular weight is 238 g/mol. The molecule has 0 bridgehead atoms. The Balaban J connectivity index is 2.69. The van der Waals surface area contributed by atoms with Crippen LogP contribution in [0.25, 0.3) is 0 Å². The van der Waals surface area contributed by atoms with Crippen molar-refractivity contribution in [3.63, 3.8) is 0 Å². The molecule has 96 valence electrons. The van der Waals surface area contributed by atoms with E-state index in [1.54, 1.807) is 14.0 Å². The molecule has 1 rings (SSSR count). The lowest BCUT2D eigenvalue weighted by Crippen LogP contribution is -2.01. The predicted octanol–water partition coefficient (Wildman–Crippen LogP) is 3.32. The number of ether oxygens (including phenoxy) is 2. The van der Waals surface area contributed by atoms with Gasteiger partial charge in [0.2, 0.25) is 0 Å². The number of hydrogen-bond acceptors (Lipinski definition) is 3. The van der Waals surface area contributed by atoms with Crippen molar-refractivity contribution in [3.05, 3.63) is 23.8 Å². The summed E-state index contributed by atoms with van der Waals surface area (Å²) < 4.78 is 10.9.